The van der Waals surface area contributed by atoms with E-state index < -0.39 is 5.60 Å². The molecule has 0 aromatic heterocycles. The highest BCUT2D eigenvalue weighted by Crippen LogP contribution is 2.20. The van der Waals surface area contributed by atoms with Crippen LogP contribution in [0.15, 0.2) is 48.5 Å². The van der Waals surface area contributed by atoms with Crippen molar-refractivity contribution in [1.29, 1.82) is 0 Å². The summed E-state index contributed by atoms with van der Waals surface area (Å²) in [7, 11) is 3.26. The van der Waals surface area contributed by atoms with E-state index >= 15 is 0 Å². The Hall–Kier alpha value is -2.69. The summed E-state index contributed by atoms with van der Waals surface area (Å²) in [6.45, 7) is 6.46. The van der Waals surface area contributed by atoms with Gasteiger partial charge in [0.05, 0.1) is 14.2 Å². The van der Waals surface area contributed by atoms with Crippen LogP contribution in [0, 0.1) is 0 Å². The van der Waals surface area contributed by atoms with Gasteiger partial charge in [-0.15, -0.1) is 0 Å². The van der Waals surface area contributed by atoms with Gasteiger partial charge in [0.2, 0.25) is 0 Å². The van der Waals surface area contributed by atoms with Gasteiger partial charge in [0.25, 0.3) is 0 Å². The second-order valence-corrected chi connectivity index (χ2v) is 7.04. The van der Waals surface area contributed by atoms with Gasteiger partial charge < -0.3 is 14.2 Å². The van der Waals surface area contributed by atoms with Crippen LogP contribution in [0.2, 0.25) is 0 Å². The second-order valence-electron chi connectivity index (χ2n) is 7.04. The molecule has 2 rings (SSSR count). The zero-order chi connectivity index (χ0) is 19.2. The fraction of sp³-hybridized carbons (Fsp3) is 0.381. The van der Waals surface area contributed by atoms with Crippen molar-refractivity contribution in [1.82, 2.24) is 4.90 Å². The van der Waals surface area contributed by atoms with Gasteiger partial charge in [-0.25, -0.2) is 4.79 Å². The summed E-state index contributed by atoms with van der Waals surface area (Å²) in [5.74, 6) is 1.54. The molecule has 2 aromatic rings. The first-order valence-corrected chi connectivity index (χ1v) is 8.54. The van der Waals surface area contributed by atoms with Gasteiger partial charge in [-0.05, 0) is 56.2 Å². The van der Waals surface area contributed by atoms with Crippen LogP contribution in [0.1, 0.15) is 31.9 Å². The first kappa shape index (κ1) is 19.6. The number of carbonyl (C=O) groups excluding carboxylic acids is 1. The Balaban J connectivity index is 2.20. The minimum atomic E-state index is -0.552. The average Bonchev–Trinajstić information content (AvgIpc) is 2.60. The van der Waals surface area contributed by atoms with Gasteiger partial charge in [0.1, 0.15) is 17.1 Å². The number of benzene rings is 2. The number of nitrogens with zero attached hydrogens (tertiary/aromatic N) is 1. The van der Waals surface area contributed by atoms with E-state index in [9.17, 15) is 4.79 Å². The number of rotatable bonds is 6. The van der Waals surface area contributed by atoms with Crippen LogP contribution in [-0.2, 0) is 17.8 Å². The van der Waals surface area contributed by atoms with Crippen molar-refractivity contribution in [2.24, 2.45) is 0 Å². The number of carbonyl (C=O) groups is 1. The molecule has 0 saturated carbocycles. The van der Waals surface area contributed by atoms with Crippen molar-refractivity contribution in [3.8, 4) is 11.5 Å². The number of hydrogen-bond acceptors (Lipinski definition) is 4. The molecule has 5 nitrogen and oxygen atoms in total. The first-order valence-electron chi connectivity index (χ1n) is 8.54. The Kier molecular flexibility index (Phi) is 6.50. The van der Waals surface area contributed by atoms with Crippen molar-refractivity contribution < 1.29 is 19.0 Å². The molecule has 0 N–H and O–H groups in total. The van der Waals surface area contributed by atoms with Crippen LogP contribution in [-0.4, -0.2) is 30.8 Å². The molecule has 0 unspecified atom stereocenters. The van der Waals surface area contributed by atoms with Gasteiger partial charge in [-0.3, -0.25) is 4.90 Å². The molecule has 0 radical (unpaired) electrons. The van der Waals surface area contributed by atoms with Crippen molar-refractivity contribution in [2.45, 2.75) is 39.5 Å². The zero-order valence-electron chi connectivity index (χ0n) is 16.1. The van der Waals surface area contributed by atoms with E-state index in [4.69, 9.17) is 14.2 Å². The van der Waals surface area contributed by atoms with Crippen molar-refractivity contribution in [3.63, 3.8) is 0 Å². The van der Waals surface area contributed by atoms with Crippen LogP contribution >= 0.6 is 0 Å². The second kappa shape index (κ2) is 8.61. The Bertz CT molecular complexity index is 720. The van der Waals surface area contributed by atoms with E-state index in [-0.39, 0.29) is 6.09 Å². The smallest absolute Gasteiger partial charge is 0.410 e. The van der Waals surface area contributed by atoms with Gasteiger partial charge in [0, 0.05) is 13.1 Å². The number of methoxy groups -OCH3 is 2. The molecule has 0 aliphatic carbocycles. The Labute approximate surface area is 155 Å². The summed E-state index contributed by atoms with van der Waals surface area (Å²) >= 11 is 0. The molecule has 0 aliphatic heterocycles. The summed E-state index contributed by atoms with van der Waals surface area (Å²) in [5, 5.41) is 0. The molecule has 140 valence electrons. The highest BCUT2D eigenvalue weighted by Gasteiger charge is 2.22. The van der Waals surface area contributed by atoms with E-state index in [0.717, 1.165) is 22.6 Å². The monoisotopic (exact) mass is 357 g/mol. The third-order valence-corrected chi connectivity index (χ3v) is 3.69. The zero-order valence-corrected chi connectivity index (χ0v) is 16.1. The highest BCUT2D eigenvalue weighted by molar-refractivity contribution is 5.68. The molecule has 0 bridgehead atoms. The minimum absolute atomic E-state index is 0.351. The molecular weight excluding hydrogens is 330 g/mol. The van der Waals surface area contributed by atoms with E-state index in [1.54, 1.807) is 19.1 Å². The molecule has 2 aromatic carbocycles. The normalized spacial score (nSPS) is 11.0. The lowest BCUT2D eigenvalue weighted by Gasteiger charge is -2.27. The summed E-state index contributed by atoms with van der Waals surface area (Å²) in [5.41, 5.74) is 1.42. The Morgan fingerprint density at radius 2 is 1.50 bits per heavy atom. The fourth-order valence-electron chi connectivity index (χ4n) is 2.45. The topological polar surface area (TPSA) is 48.0 Å². The Morgan fingerprint density at radius 1 is 0.885 bits per heavy atom. The molecule has 0 fully saturated rings. The molecule has 0 atom stereocenters. The predicted molar refractivity (Wildman–Crippen MR) is 101 cm³/mol. The summed E-state index contributed by atoms with van der Waals surface area (Å²) in [6, 6.07) is 15.3. The van der Waals surface area contributed by atoms with Crippen LogP contribution in [0.4, 0.5) is 4.79 Å². The lowest BCUT2D eigenvalue weighted by molar-refractivity contribution is 0.0216. The largest absolute Gasteiger partial charge is 0.497 e. The number of hydrogen-bond donors (Lipinski definition) is 0. The van der Waals surface area contributed by atoms with Gasteiger partial charge in [-0.1, -0.05) is 24.3 Å². The van der Waals surface area contributed by atoms with E-state index in [0.29, 0.717) is 13.1 Å². The molecule has 0 heterocycles. The lowest BCUT2D eigenvalue weighted by atomic mass is 10.1. The van der Waals surface area contributed by atoms with E-state index in [2.05, 4.69) is 0 Å². The molecule has 5 heteroatoms. The van der Waals surface area contributed by atoms with E-state index in [1.165, 1.54) is 0 Å². The SMILES string of the molecule is COc1ccc(CN(Cc2cccc(OC)c2)C(=O)OC(C)(C)C)cc1. The van der Waals surface area contributed by atoms with Crippen LogP contribution in [0.25, 0.3) is 0 Å². The minimum Gasteiger partial charge on any atom is -0.497 e. The molecule has 0 saturated heterocycles. The summed E-state index contributed by atoms with van der Waals surface area (Å²) < 4.78 is 16.0. The van der Waals surface area contributed by atoms with Crippen LogP contribution in [0.5, 0.6) is 11.5 Å². The van der Waals surface area contributed by atoms with Crippen LogP contribution in [0.3, 0.4) is 0 Å². The lowest BCUT2D eigenvalue weighted by Crippen LogP contribution is -2.36. The highest BCUT2D eigenvalue weighted by atomic mass is 16.6. The number of ether oxygens (including phenoxy) is 3. The molecule has 26 heavy (non-hydrogen) atoms. The van der Waals surface area contributed by atoms with Crippen LogP contribution < -0.4 is 9.47 Å². The summed E-state index contributed by atoms with van der Waals surface area (Å²) in [4.78, 5) is 14.4. The third-order valence-electron chi connectivity index (χ3n) is 3.69. The molecule has 0 spiro atoms. The maximum atomic E-state index is 12.7. The average molecular weight is 357 g/mol. The van der Waals surface area contributed by atoms with E-state index in [1.807, 2.05) is 69.3 Å². The maximum Gasteiger partial charge on any atom is 0.410 e. The van der Waals surface area contributed by atoms with Crippen molar-refractivity contribution in [2.75, 3.05) is 14.2 Å². The fourth-order valence-corrected chi connectivity index (χ4v) is 2.45. The third kappa shape index (κ3) is 5.99. The molecular formula is C21H27NO4. The molecule has 0 aliphatic rings. The van der Waals surface area contributed by atoms with Crippen molar-refractivity contribution in [3.05, 3.63) is 59.7 Å². The number of amides is 1. The Morgan fingerprint density at radius 3 is 2.08 bits per heavy atom. The quantitative estimate of drug-likeness (QED) is 0.755. The van der Waals surface area contributed by atoms with Crippen molar-refractivity contribution >= 4 is 6.09 Å². The first-order chi connectivity index (χ1) is 12.3. The predicted octanol–water partition coefficient (Wildman–Crippen LogP) is 4.64. The van der Waals surface area contributed by atoms with Gasteiger partial charge in [0.15, 0.2) is 0 Å². The molecule has 1 amide bonds. The standard InChI is InChI=1S/C21H27NO4/c1-21(2,3)26-20(23)22(14-16-9-11-18(24-4)12-10-16)15-17-7-6-8-19(13-17)25-5/h6-13H,14-15H2,1-5H3. The summed E-state index contributed by atoms with van der Waals surface area (Å²) in [6.07, 6.45) is -0.351. The maximum absolute atomic E-state index is 12.7. The van der Waals surface area contributed by atoms with Gasteiger partial charge in [-0.2, -0.15) is 0 Å². The van der Waals surface area contributed by atoms with Gasteiger partial charge >= 0.3 is 6.09 Å².